The molecule has 114 valence electrons. The van der Waals surface area contributed by atoms with Crippen LogP contribution in [0, 0.1) is 35.0 Å². The molecular formula is C16H14O6. The Hall–Kier alpha value is -1.98. The maximum atomic E-state index is 12.3. The molecule has 2 unspecified atom stereocenters. The Morgan fingerprint density at radius 1 is 0.864 bits per heavy atom. The Morgan fingerprint density at radius 3 is 2.05 bits per heavy atom. The minimum atomic E-state index is -0.741. The topological polar surface area (TPSA) is 86.7 Å². The molecular weight excluding hydrogens is 288 g/mol. The Bertz CT molecular complexity index is 647. The van der Waals surface area contributed by atoms with Crippen LogP contribution in [-0.2, 0) is 28.7 Å². The van der Waals surface area contributed by atoms with Crippen molar-refractivity contribution >= 4 is 23.9 Å². The molecule has 0 aromatic rings. The van der Waals surface area contributed by atoms with Crippen molar-refractivity contribution < 1.29 is 28.7 Å². The first-order chi connectivity index (χ1) is 10.6. The fourth-order valence-corrected chi connectivity index (χ4v) is 5.78. The van der Waals surface area contributed by atoms with Crippen molar-refractivity contribution in [3.05, 3.63) is 11.6 Å². The molecule has 22 heavy (non-hydrogen) atoms. The van der Waals surface area contributed by atoms with E-state index >= 15 is 0 Å². The summed E-state index contributed by atoms with van der Waals surface area (Å²) in [6.07, 6.45) is 5.30. The summed E-state index contributed by atoms with van der Waals surface area (Å²) in [5.74, 6) is -5.10. The quantitative estimate of drug-likeness (QED) is 0.373. The summed E-state index contributed by atoms with van der Waals surface area (Å²) in [7, 11) is 0. The molecule has 2 bridgehead atoms. The van der Waals surface area contributed by atoms with Crippen LogP contribution in [0.4, 0.5) is 0 Å². The third-order valence-corrected chi connectivity index (χ3v) is 6.39. The maximum Gasteiger partial charge on any atom is 0.318 e. The second-order valence-corrected chi connectivity index (χ2v) is 7.00. The first kappa shape index (κ1) is 12.6. The van der Waals surface area contributed by atoms with E-state index in [1.54, 1.807) is 0 Å². The zero-order valence-corrected chi connectivity index (χ0v) is 11.7. The van der Waals surface area contributed by atoms with Crippen LogP contribution in [0.5, 0.6) is 0 Å². The van der Waals surface area contributed by atoms with Crippen LogP contribution >= 0.6 is 0 Å². The van der Waals surface area contributed by atoms with E-state index in [2.05, 4.69) is 0 Å². The van der Waals surface area contributed by atoms with Crippen molar-refractivity contribution in [3.8, 4) is 0 Å². The van der Waals surface area contributed by atoms with E-state index in [0.29, 0.717) is 6.42 Å². The van der Waals surface area contributed by atoms with Gasteiger partial charge in [-0.1, -0.05) is 18.1 Å². The third-order valence-electron chi connectivity index (χ3n) is 6.39. The average Bonchev–Trinajstić information content (AvgIpc) is 2.98. The summed E-state index contributed by atoms with van der Waals surface area (Å²) < 4.78 is 9.79. The van der Waals surface area contributed by atoms with Crippen LogP contribution in [-0.4, -0.2) is 23.9 Å². The molecule has 2 saturated carbocycles. The molecule has 2 aliphatic heterocycles. The molecule has 6 aliphatic rings. The molecule has 0 amide bonds. The van der Waals surface area contributed by atoms with Crippen LogP contribution in [0.15, 0.2) is 11.6 Å². The number of hydrogen-bond donors (Lipinski definition) is 0. The fraction of sp³-hybridized carbons (Fsp3) is 0.625. The van der Waals surface area contributed by atoms with Gasteiger partial charge in [-0.25, -0.2) is 0 Å². The van der Waals surface area contributed by atoms with Gasteiger partial charge < -0.3 is 9.47 Å². The predicted molar refractivity (Wildman–Crippen MR) is 68.6 cm³/mol. The Labute approximate surface area is 125 Å². The Balaban J connectivity index is 1.80. The van der Waals surface area contributed by atoms with Gasteiger partial charge in [0.1, 0.15) is 0 Å². The average molecular weight is 302 g/mol. The van der Waals surface area contributed by atoms with E-state index in [1.165, 1.54) is 0 Å². The van der Waals surface area contributed by atoms with Crippen molar-refractivity contribution in [3.63, 3.8) is 0 Å². The number of carbonyl (C=O) groups is 4. The van der Waals surface area contributed by atoms with E-state index in [9.17, 15) is 19.2 Å². The largest absolute Gasteiger partial charge is 0.393 e. The van der Waals surface area contributed by atoms with Gasteiger partial charge in [-0.05, 0) is 19.3 Å². The predicted octanol–water partition coefficient (Wildman–Crippen LogP) is 0.748. The molecule has 4 aliphatic carbocycles. The van der Waals surface area contributed by atoms with Crippen LogP contribution in [0.3, 0.4) is 0 Å². The normalized spacial score (nSPS) is 48.4. The molecule has 0 aromatic carbocycles. The molecule has 2 saturated heterocycles. The van der Waals surface area contributed by atoms with E-state index in [-0.39, 0.29) is 0 Å². The molecule has 6 rings (SSSR count). The summed E-state index contributed by atoms with van der Waals surface area (Å²) in [5, 5.41) is 0. The molecule has 6 heteroatoms. The van der Waals surface area contributed by atoms with E-state index in [0.717, 1.165) is 24.8 Å². The Morgan fingerprint density at radius 2 is 1.45 bits per heavy atom. The van der Waals surface area contributed by atoms with Crippen molar-refractivity contribution in [1.82, 2.24) is 0 Å². The lowest BCUT2D eigenvalue weighted by atomic mass is 9.41. The first-order valence-corrected chi connectivity index (χ1v) is 7.78. The highest BCUT2D eigenvalue weighted by atomic mass is 16.6. The molecule has 0 radical (unpaired) electrons. The van der Waals surface area contributed by atoms with Crippen LogP contribution in [0.2, 0.25) is 0 Å². The number of carbonyl (C=O) groups excluding carboxylic acids is 4. The fourth-order valence-electron chi connectivity index (χ4n) is 5.78. The van der Waals surface area contributed by atoms with Crippen molar-refractivity contribution in [2.75, 3.05) is 0 Å². The van der Waals surface area contributed by atoms with E-state index < -0.39 is 58.9 Å². The third kappa shape index (κ3) is 1.13. The van der Waals surface area contributed by atoms with Crippen LogP contribution < -0.4 is 0 Å². The number of ether oxygens (including phenoxy) is 2. The smallest absolute Gasteiger partial charge is 0.318 e. The SMILES string of the molecule is O=C1OC(=O)[C@@H]2[C@H]1C1C=C3CCCCC32[C@H]2C(=O)OC(=O)[C@H]12. The lowest BCUT2D eigenvalue weighted by Gasteiger charge is -2.57. The lowest BCUT2D eigenvalue weighted by Crippen LogP contribution is -2.60. The van der Waals surface area contributed by atoms with Gasteiger partial charge in [-0.2, -0.15) is 0 Å². The maximum absolute atomic E-state index is 12.3. The van der Waals surface area contributed by atoms with Crippen molar-refractivity contribution in [2.45, 2.75) is 25.7 Å². The molecule has 2 heterocycles. The highest BCUT2D eigenvalue weighted by Gasteiger charge is 2.75. The van der Waals surface area contributed by atoms with Crippen LogP contribution in [0.25, 0.3) is 0 Å². The van der Waals surface area contributed by atoms with E-state index in [4.69, 9.17) is 9.47 Å². The van der Waals surface area contributed by atoms with Gasteiger partial charge in [0, 0.05) is 11.3 Å². The summed E-state index contributed by atoms with van der Waals surface area (Å²) >= 11 is 0. The number of hydrogen-bond acceptors (Lipinski definition) is 6. The van der Waals surface area contributed by atoms with Gasteiger partial charge in [0.15, 0.2) is 0 Å². The molecule has 6 atom stereocenters. The summed E-state index contributed by atoms with van der Waals surface area (Å²) in [6, 6.07) is 0. The zero-order chi connectivity index (χ0) is 15.2. The minimum absolute atomic E-state index is 0.442. The molecule has 0 aromatic heterocycles. The van der Waals surface area contributed by atoms with Gasteiger partial charge in [-0.3, -0.25) is 19.2 Å². The monoisotopic (exact) mass is 302 g/mol. The lowest BCUT2D eigenvalue weighted by molar-refractivity contribution is -0.156. The summed E-state index contributed by atoms with van der Waals surface area (Å²) in [6.45, 7) is 0. The van der Waals surface area contributed by atoms with Gasteiger partial charge in [0.25, 0.3) is 0 Å². The second kappa shape index (κ2) is 3.67. The summed E-state index contributed by atoms with van der Waals surface area (Å²) in [5.41, 5.74) is 0.319. The van der Waals surface area contributed by atoms with Crippen LogP contribution in [0.1, 0.15) is 25.7 Å². The molecule has 0 N–H and O–H groups in total. The second-order valence-electron chi connectivity index (χ2n) is 7.00. The standard InChI is InChI=1S/C16H14O6/c17-12-8-7-5-6-3-1-2-4-16(6,10(8)14(19)21-12)11-9(7)13(18)22-15(11)20/h5,7-11H,1-4H2/t7?,8-,9-,10-,11+,16?/m1/s1. The minimum Gasteiger partial charge on any atom is -0.393 e. The zero-order valence-electron chi connectivity index (χ0n) is 11.7. The number of esters is 4. The van der Waals surface area contributed by atoms with Gasteiger partial charge in [-0.15, -0.1) is 0 Å². The first-order valence-electron chi connectivity index (χ1n) is 7.78. The molecule has 6 nitrogen and oxygen atoms in total. The van der Waals surface area contributed by atoms with Crippen molar-refractivity contribution in [1.29, 1.82) is 0 Å². The van der Waals surface area contributed by atoms with Gasteiger partial charge in [0.05, 0.1) is 23.7 Å². The molecule has 1 spiro atoms. The number of cyclic esters (lactones) is 4. The number of allylic oxidation sites excluding steroid dienone is 2. The number of rotatable bonds is 0. The summed E-state index contributed by atoms with van der Waals surface area (Å²) in [4.78, 5) is 49.0. The Kier molecular flexibility index (Phi) is 2.09. The highest BCUT2D eigenvalue weighted by molar-refractivity contribution is 6.04. The highest BCUT2D eigenvalue weighted by Crippen LogP contribution is 2.69. The van der Waals surface area contributed by atoms with Gasteiger partial charge in [0.2, 0.25) is 0 Å². The van der Waals surface area contributed by atoms with Gasteiger partial charge >= 0.3 is 23.9 Å². The van der Waals surface area contributed by atoms with Crippen molar-refractivity contribution in [2.24, 2.45) is 35.0 Å². The van der Waals surface area contributed by atoms with E-state index in [1.807, 2.05) is 6.08 Å². The molecule has 4 fully saturated rings.